The molecule has 1 fully saturated rings. The Labute approximate surface area is 242 Å². The molecule has 0 unspecified atom stereocenters. The Balaban J connectivity index is 0.00000361. The second-order valence-corrected chi connectivity index (χ2v) is 9.92. The van der Waals surface area contributed by atoms with Gasteiger partial charge in [-0.05, 0) is 58.8 Å². The highest BCUT2D eigenvalue weighted by atomic mass is 35.5. The molecular formula is C27H41Cl3N2O6. The Morgan fingerprint density at radius 1 is 1.16 bits per heavy atom. The molecule has 0 aliphatic carbocycles. The van der Waals surface area contributed by atoms with Crippen LogP contribution in [0.5, 0.6) is 5.75 Å². The lowest BCUT2D eigenvalue weighted by atomic mass is 10.00. The molecule has 216 valence electrons. The Hall–Kier alpha value is -1.55. The SMILES string of the molecule is CCOC(=O)C(C)(C)Oc1c(CN2CCOCC2)cc2c(C)c(CCN(CC)CC)c(=O)oc2c1Cl.Cl.Cl. The summed E-state index contributed by atoms with van der Waals surface area (Å²) in [4.78, 5) is 30.1. The molecule has 1 aliphatic heterocycles. The average Bonchev–Trinajstić information content (AvgIpc) is 2.85. The average molecular weight is 596 g/mol. The van der Waals surface area contributed by atoms with Crippen molar-refractivity contribution in [2.75, 3.05) is 52.5 Å². The molecule has 1 aromatic carbocycles. The number of esters is 1. The van der Waals surface area contributed by atoms with Gasteiger partial charge < -0.3 is 23.5 Å². The van der Waals surface area contributed by atoms with E-state index in [-0.39, 0.29) is 42.0 Å². The van der Waals surface area contributed by atoms with E-state index in [1.807, 2.05) is 13.0 Å². The van der Waals surface area contributed by atoms with Crippen LogP contribution in [-0.2, 0) is 27.2 Å². The van der Waals surface area contributed by atoms with Gasteiger partial charge in [-0.1, -0.05) is 25.4 Å². The second-order valence-electron chi connectivity index (χ2n) is 9.55. The van der Waals surface area contributed by atoms with E-state index in [9.17, 15) is 9.59 Å². The lowest BCUT2D eigenvalue weighted by Crippen LogP contribution is -2.40. The van der Waals surface area contributed by atoms with Crippen LogP contribution in [0.1, 0.15) is 51.3 Å². The van der Waals surface area contributed by atoms with Gasteiger partial charge in [0.25, 0.3) is 0 Å². The summed E-state index contributed by atoms with van der Waals surface area (Å²) in [6, 6.07) is 1.98. The molecule has 38 heavy (non-hydrogen) atoms. The van der Waals surface area contributed by atoms with Crippen molar-refractivity contribution in [1.29, 1.82) is 0 Å². The number of benzene rings is 1. The van der Waals surface area contributed by atoms with E-state index in [1.54, 1.807) is 20.8 Å². The molecule has 11 heteroatoms. The summed E-state index contributed by atoms with van der Waals surface area (Å²) in [5, 5.41) is 0.960. The molecule has 2 aromatic rings. The van der Waals surface area contributed by atoms with Crippen molar-refractivity contribution in [3.63, 3.8) is 0 Å². The molecule has 8 nitrogen and oxygen atoms in total. The zero-order valence-electron chi connectivity index (χ0n) is 23.2. The van der Waals surface area contributed by atoms with E-state index in [2.05, 4.69) is 23.6 Å². The number of hydrogen-bond acceptors (Lipinski definition) is 8. The number of likely N-dealkylation sites (N-methyl/N-ethyl adjacent to an activating group) is 1. The van der Waals surface area contributed by atoms with Crippen molar-refractivity contribution in [1.82, 2.24) is 9.80 Å². The van der Waals surface area contributed by atoms with Crippen LogP contribution in [0.4, 0.5) is 0 Å². The zero-order valence-corrected chi connectivity index (χ0v) is 25.6. The van der Waals surface area contributed by atoms with Crippen LogP contribution in [0, 0.1) is 6.92 Å². The fourth-order valence-electron chi connectivity index (χ4n) is 4.44. The van der Waals surface area contributed by atoms with Crippen LogP contribution in [0.25, 0.3) is 11.0 Å². The van der Waals surface area contributed by atoms with Crippen molar-refractivity contribution >= 4 is 53.4 Å². The van der Waals surface area contributed by atoms with E-state index in [0.29, 0.717) is 37.5 Å². The normalized spacial score (nSPS) is 14.2. The maximum atomic E-state index is 13.0. The largest absolute Gasteiger partial charge is 0.474 e. The molecular weight excluding hydrogens is 555 g/mol. The Kier molecular flexibility index (Phi) is 13.9. The smallest absolute Gasteiger partial charge is 0.349 e. The Morgan fingerprint density at radius 3 is 2.37 bits per heavy atom. The summed E-state index contributed by atoms with van der Waals surface area (Å²) in [6.45, 7) is 17.4. The number of aryl methyl sites for hydroxylation is 1. The first-order valence-electron chi connectivity index (χ1n) is 12.8. The summed E-state index contributed by atoms with van der Waals surface area (Å²) in [6.07, 6.45) is 0.594. The van der Waals surface area contributed by atoms with Gasteiger partial charge in [-0.3, -0.25) is 4.90 Å². The first-order chi connectivity index (χ1) is 17.1. The van der Waals surface area contributed by atoms with Crippen molar-refractivity contribution in [3.8, 4) is 5.75 Å². The predicted octanol–water partition coefficient (Wildman–Crippen LogP) is 5.04. The molecule has 1 saturated heterocycles. The number of hydrogen-bond donors (Lipinski definition) is 0. The van der Waals surface area contributed by atoms with Crippen LogP contribution in [0.15, 0.2) is 15.3 Å². The second kappa shape index (κ2) is 15.3. The number of halogens is 3. The molecule has 2 heterocycles. The topological polar surface area (TPSA) is 81.5 Å². The lowest BCUT2D eigenvalue weighted by Gasteiger charge is -2.30. The number of morpholine rings is 1. The van der Waals surface area contributed by atoms with E-state index < -0.39 is 17.2 Å². The molecule has 1 aliphatic rings. The number of rotatable bonds is 11. The third-order valence-electron chi connectivity index (χ3n) is 6.75. The number of fused-ring (bicyclic) bond motifs is 1. The fraction of sp³-hybridized carbons (Fsp3) is 0.630. The summed E-state index contributed by atoms with van der Waals surface area (Å²) in [5.74, 6) is -0.171. The van der Waals surface area contributed by atoms with Gasteiger partial charge in [0.05, 0.1) is 19.8 Å². The van der Waals surface area contributed by atoms with Crippen LogP contribution in [0.2, 0.25) is 5.02 Å². The van der Waals surface area contributed by atoms with Gasteiger partial charge in [-0.15, -0.1) is 24.8 Å². The van der Waals surface area contributed by atoms with Gasteiger partial charge in [0.2, 0.25) is 0 Å². The molecule has 0 bridgehead atoms. The molecule has 0 saturated carbocycles. The summed E-state index contributed by atoms with van der Waals surface area (Å²) >= 11 is 6.86. The highest BCUT2D eigenvalue weighted by Crippen LogP contribution is 2.40. The predicted molar refractivity (Wildman–Crippen MR) is 156 cm³/mol. The quantitative estimate of drug-likeness (QED) is 0.264. The van der Waals surface area contributed by atoms with E-state index in [4.69, 9.17) is 30.2 Å². The maximum absolute atomic E-state index is 13.0. The third-order valence-corrected chi connectivity index (χ3v) is 7.09. The monoisotopic (exact) mass is 594 g/mol. The molecule has 0 amide bonds. The highest BCUT2D eigenvalue weighted by molar-refractivity contribution is 6.36. The van der Waals surface area contributed by atoms with Crippen molar-refractivity contribution in [2.45, 2.75) is 60.1 Å². The van der Waals surface area contributed by atoms with Gasteiger partial charge in [-0.25, -0.2) is 9.59 Å². The van der Waals surface area contributed by atoms with Crippen LogP contribution in [-0.4, -0.2) is 73.9 Å². The Bertz CT molecular complexity index is 1130. The fourth-order valence-corrected chi connectivity index (χ4v) is 4.75. The van der Waals surface area contributed by atoms with Gasteiger partial charge in [-0.2, -0.15) is 0 Å². The van der Waals surface area contributed by atoms with E-state index >= 15 is 0 Å². The molecule has 0 N–H and O–H groups in total. The lowest BCUT2D eigenvalue weighted by molar-refractivity contribution is -0.158. The molecule has 0 atom stereocenters. The number of nitrogens with zero attached hydrogens (tertiary/aromatic N) is 2. The van der Waals surface area contributed by atoms with Crippen LogP contribution < -0.4 is 10.4 Å². The number of carbonyl (C=O) groups is 1. The van der Waals surface area contributed by atoms with Crippen molar-refractivity contribution in [3.05, 3.63) is 38.2 Å². The first kappa shape index (κ1) is 34.5. The first-order valence-corrected chi connectivity index (χ1v) is 13.2. The minimum absolute atomic E-state index is 0. The number of ether oxygens (including phenoxy) is 3. The summed E-state index contributed by atoms with van der Waals surface area (Å²) in [5.41, 5.74) is 0.916. The summed E-state index contributed by atoms with van der Waals surface area (Å²) < 4.78 is 22.7. The summed E-state index contributed by atoms with van der Waals surface area (Å²) in [7, 11) is 0. The maximum Gasteiger partial charge on any atom is 0.349 e. The standard InChI is InChI=1S/C27H39ClN2O6.2ClH/c1-7-29(8-2)11-10-20-18(4)21-16-19(17-30-12-14-33-15-13-30)23(22(28)24(21)35-25(20)31)36-27(5,6)26(32)34-9-3;;/h16H,7-15,17H2,1-6H3;2*1H. The third kappa shape index (κ3) is 7.99. The van der Waals surface area contributed by atoms with Crippen molar-refractivity contribution in [2.24, 2.45) is 0 Å². The van der Waals surface area contributed by atoms with Gasteiger partial charge >= 0.3 is 11.6 Å². The molecule has 3 rings (SSSR count). The van der Waals surface area contributed by atoms with Crippen molar-refractivity contribution < 1.29 is 23.4 Å². The van der Waals surface area contributed by atoms with E-state index in [0.717, 1.165) is 49.2 Å². The van der Waals surface area contributed by atoms with Crippen LogP contribution in [0.3, 0.4) is 0 Å². The number of carbonyl (C=O) groups excluding carboxylic acids is 1. The van der Waals surface area contributed by atoms with Gasteiger partial charge in [0, 0.05) is 42.7 Å². The van der Waals surface area contributed by atoms with Gasteiger partial charge in [0.1, 0.15) is 10.8 Å². The zero-order chi connectivity index (χ0) is 26.5. The van der Waals surface area contributed by atoms with E-state index in [1.165, 1.54) is 0 Å². The molecule has 1 aromatic heterocycles. The molecule has 0 radical (unpaired) electrons. The minimum Gasteiger partial charge on any atom is -0.474 e. The highest BCUT2D eigenvalue weighted by Gasteiger charge is 2.34. The van der Waals surface area contributed by atoms with Gasteiger partial charge in [0.15, 0.2) is 11.2 Å². The minimum atomic E-state index is -1.29. The Morgan fingerprint density at radius 2 is 1.79 bits per heavy atom. The van der Waals surface area contributed by atoms with Crippen LogP contribution >= 0.6 is 36.4 Å². The molecule has 0 spiro atoms.